The predicted molar refractivity (Wildman–Crippen MR) is 22.3 cm³/mol. The van der Waals surface area contributed by atoms with Gasteiger partial charge >= 0.3 is 33.5 Å². The minimum atomic E-state index is -2.17. The molecule has 0 aromatic heterocycles. The molecule has 0 saturated carbocycles. The fraction of sp³-hybridized carbons (Fsp3) is 0. The van der Waals surface area contributed by atoms with Gasteiger partial charge in [-0.2, -0.15) is 0 Å². The zero-order valence-electron chi connectivity index (χ0n) is 2.63. The van der Waals surface area contributed by atoms with Crippen molar-refractivity contribution in [2.45, 2.75) is 0 Å². The van der Waals surface area contributed by atoms with Gasteiger partial charge in [0.1, 0.15) is 0 Å². The van der Waals surface area contributed by atoms with Crippen LogP contribution in [0.15, 0.2) is 0 Å². The summed E-state index contributed by atoms with van der Waals surface area (Å²) in [7, 11) is -2.17. The van der Waals surface area contributed by atoms with Crippen molar-refractivity contribution in [2.75, 3.05) is 0 Å². The van der Waals surface area contributed by atoms with Crippen LogP contribution in [0.2, 0.25) is 0 Å². The Morgan fingerprint density at radius 2 is 1.00 bits per heavy atom. The van der Waals surface area contributed by atoms with Gasteiger partial charge in [0.25, 0.3) is 0 Å². The van der Waals surface area contributed by atoms with E-state index >= 15 is 0 Å². The first-order chi connectivity index (χ1) is 1.73. The Kier molecular flexibility index (Phi) is 8.95. The van der Waals surface area contributed by atoms with Crippen LogP contribution in [-0.4, -0.2) is 48.6 Å². The molecule has 0 fully saturated rings. The molecule has 0 aliphatic carbocycles. The summed E-state index contributed by atoms with van der Waals surface area (Å²) in [5.41, 5.74) is 0. The number of rotatable bonds is 0. The van der Waals surface area contributed by atoms with E-state index in [1.807, 2.05) is 0 Å². The van der Waals surface area contributed by atoms with Gasteiger partial charge in [0.05, 0.1) is 0 Å². The van der Waals surface area contributed by atoms with Crippen LogP contribution >= 0.6 is 0 Å². The van der Waals surface area contributed by atoms with Crippen LogP contribution in [0.4, 0.5) is 0 Å². The van der Waals surface area contributed by atoms with Crippen molar-refractivity contribution in [3.8, 4) is 0 Å². The monoisotopic (exact) mass is 274 g/mol. The molecular weight excluding hydrogens is 268 g/mol. The quantitative estimate of drug-likeness (QED) is 0.407. The van der Waals surface area contributed by atoms with E-state index in [0.29, 0.717) is 0 Å². The average Bonchev–Trinajstić information content (AvgIpc) is 0.811. The standard InChI is InChI=1S/BH3O3.Bi.3H/c2-1(3)4;;;;/h2-4H;;;;. The zero-order valence-corrected chi connectivity index (χ0v) is 8.12. The second-order valence-corrected chi connectivity index (χ2v) is 0.346. The van der Waals surface area contributed by atoms with Crippen LogP contribution in [0.25, 0.3) is 0 Å². The fourth-order valence-electron chi connectivity index (χ4n) is 0. The molecule has 0 aliphatic heterocycles. The number of hydrogen-bond acceptors (Lipinski definition) is 3. The predicted octanol–water partition coefficient (Wildman–Crippen LogP) is -3.24. The molecule has 32 valence electrons. The second-order valence-electron chi connectivity index (χ2n) is 0.346. The van der Waals surface area contributed by atoms with Crippen molar-refractivity contribution >= 4 is 33.5 Å². The molecule has 3 nitrogen and oxygen atoms in total. The Labute approximate surface area is 48.9 Å². The Balaban J connectivity index is 0. The fourth-order valence-corrected chi connectivity index (χ4v) is 0. The molecule has 0 spiro atoms. The van der Waals surface area contributed by atoms with Crippen molar-refractivity contribution < 1.29 is 15.1 Å². The summed E-state index contributed by atoms with van der Waals surface area (Å²) in [6.45, 7) is 0. The molecule has 0 heterocycles. The summed E-state index contributed by atoms with van der Waals surface area (Å²) in [5.74, 6) is 0. The van der Waals surface area contributed by atoms with E-state index in [9.17, 15) is 0 Å². The molecule has 5 heteroatoms. The van der Waals surface area contributed by atoms with Gasteiger partial charge in [-0.05, 0) is 0 Å². The summed E-state index contributed by atoms with van der Waals surface area (Å²) in [6.07, 6.45) is 0. The molecule has 0 radical (unpaired) electrons. The maximum absolute atomic E-state index is 7.17. The first-order valence-corrected chi connectivity index (χ1v) is 0.775. The van der Waals surface area contributed by atoms with Gasteiger partial charge in [0, 0.05) is 0 Å². The summed E-state index contributed by atoms with van der Waals surface area (Å²) < 4.78 is 0. The summed E-state index contributed by atoms with van der Waals surface area (Å²) in [6, 6.07) is 0. The molecule has 5 heavy (non-hydrogen) atoms. The topological polar surface area (TPSA) is 60.7 Å². The molecule has 0 unspecified atom stereocenters. The molecule has 0 aromatic rings. The third-order valence-corrected chi connectivity index (χ3v) is 0. The third-order valence-electron chi connectivity index (χ3n) is 0. The SMILES string of the molecule is OB(O)O.[BiH3]. The minimum absolute atomic E-state index is 0. The van der Waals surface area contributed by atoms with Crippen LogP contribution in [-0.2, 0) is 0 Å². The van der Waals surface area contributed by atoms with Gasteiger partial charge in [-0.3, -0.25) is 0 Å². The van der Waals surface area contributed by atoms with Crippen molar-refractivity contribution in [1.82, 2.24) is 0 Å². The van der Waals surface area contributed by atoms with Crippen LogP contribution in [0.3, 0.4) is 0 Å². The Morgan fingerprint density at radius 1 is 1.00 bits per heavy atom. The Hall–Kier alpha value is 0.828. The summed E-state index contributed by atoms with van der Waals surface area (Å²) in [5, 5.41) is 21.5. The van der Waals surface area contributed by atoms with E-state index in [-0.39, 0.29) is 26.2 Å². The van der Waals surface area contributed by atoms with Crippen LogP contribution < -0.4 is 0 Å². The molecule has 3 N–H and O–H groups in total. The van der Waals surface area contributed by atoms with Crippen LogP contribution in [0, 0.1) is 0 Å². The van der Waals surface area contributed by atoms with Gasteiger partial charge in [0.15, 0.2) is 0 Å². The first-order valence-electron chi connectivity index (χ1n) is 0.775. The van der Waals surface area contributed by atoms with Crippen molar-refractivity contribution in [1.29, 1.82) is 0 Å². The first kappa shape index (κ1) is 9.27. The van der Waals surface area contributed by atoms with E-state index in [4.69, 9.17) is 15.1 Å². The van der Waals surface area contributed by atoms with Crippen molar-refractivity contribution in [2.24, 2.45) is 0 Å². The van der Waals surface area contributed by atoms with Crippen molar-refractivity contribution in [3.63, 3.8) is 0 Å². The molecule has 0 aliphatic rings. The summed E-state index contributed by atoms with van der Waals surface area (Å²) in [4.78, 5) is 0. The molecule has 0 saturated heterocycles. The van der Waals surface area contributed by atoms with Gasteiger partial charge in [-0.15, -0.1) is 0 Å². The maximum atomic E-state index is 7.17. The third kappa shape index (κ3) is 56.3. The van der Waals surface area contributed by atoms with E-state index in [1.54, 1.807) is 0 Å². The summed E-state index contributed by atoms with van der Waals surface area (Å²) >= 11 is 0. The second kappa shape index (κ2) is 4.83. The normalized spacial score (nSPS) is 5.40. The van der Waals surface area contributed by atoms with E-state index < -0.39 is 7.32 Å². The Bertz CT molecular complexity index is 11.6. The molecule has 0 atom stereocenters. The molecule has 0 aromatic carbocycles. The van der Waals surface area contributed by atoms with Gasteiger partial charge in [-0.25, -0.2) is 0 Å². The van der Waals surface area contributed by atoms with Gasteiger partial charge in [-0.1, -0.05) is 0 Å². The van der Waals surface area contributed by atoms with E-state index in [2.05, 4.69) is 0 Å². The molecule has 0 amide bonds. The molecular formula is H6BBiO3. The van der Waals surface area contributed by atoms with Crippen LogP contribution in [0.1, 0.15) is 0 Å². The average molecular weight is 274 g/mol. The molecule has 0 bridgehead atoms. The zero-order chi connectivity index (χ0) is 3.58. The molecule has 0 rings (SSSR count). The van der Waals surface area contributed by atoms with Gasteiger partial charge < -0.3 is 15.1 Å². The van der Waals surface area contributed by atoms with Crippen molar-refractivity contribution in [3.05, 3.63) is 0 Å². The number of hydrogen-bond donors (Lipinski definition) is 3. The van der Waals surface area contributed by atoms with Gasteiger partial charge in [0.2, 0.25) is 0 Å². The van der Waals surface area contributed by atoms with E-state index in [1.165, 1.54) is 0 Å². The Morgan fingerprint density at radius 3 is 1.00 bits per heavy atom. The van der Waals surface area contributed by atoms with E-state index in [0.717, 1.165) is 0 Å². The van der Waals surface area contributed by atoms with Crippen LogP contribution in [0.5, 0.6) is 0 Å².